The van der Waals surface area contributed by atoms with Crippen LogP contribution >= 0.6 is 0 Å². The van der Waals surface area contributed by atoms with Crippen LogP contribution in [0.3, 0.4) is 0 Å². The minimum absolute atomic E-state index is 0.385. The van der Waals surface area contributed by atoms with E-state index in [0.717, 1.165) is 30.6 Å². The Bertz CT molecular complexity index is 596. The Kier molecular flexibility index (Phi) is 3.28. The molecule has 2 aliphatic heterocycles. The molecule has 2 aromatic rings. The van der Waals surface area contributed by atoms with Crippen LogP contribution in [-0.2, 0) is 6.54 Å². The zero-order chi connectivity index (χ0) is 14.2. The summed E-state index contributed by atoms with van der Waals surface area (Å²) < 4.78 is 5.64. The standard InChI is InChI=1S/C17H21N3O/c18-13-8-15-6-7-16(9-13)20(15)10-14-11-21-17(19-14)12-4-2-1-3-5-12/h1-5,11,13,15-16H,6-10,18H2. The van der Waals surface area contributed by atoms with E-state index in [-0.39, 0.29) is 0 Å². The van der Waals surface area contributed by atoms with Gasteiger partial charge in [-0.3, -0.25) is 4.90 Å². The fourth-order valence-corrected chi connectivity index (χ4v) is 3.85. The lowest BCUT2D eigenvalue weighted by atomic mass is 9.98. The van der Waals surface area contributed by atoms with Crippen molar-refractivity contribution in [2.45, 2.75) is 50.4 Å². The van der Waals surface area contributed by atoms with Crippen molar-refractivity contribution in [1.29, 1.82) is 0 Å². The van der Waals surface area contributed by atoms with Gasteiger partial charge in [-0.05, 0) is 37.8 Å². The second-order valence-corrected chi connectivity index (χ2v) is 6.30. The summed E-state index contributed by atoms with van der Waals surface area (Å²) in [5.41, 5.74) is 8.19. The maximum Gasteiger partial charge on any atom is 0.226 e. The summed E-state index contributed by atoms with van der Waals surface area (Å²) in [5.74, 6) is 0.714. The average Bonchev–Trinajstić information content (AvgIpc) is 3.05. The summed E-state index contributed by atoms with van der Waals surface area (Å²) in [4.78, 5) is 7.23. The van der Waals surface area contributed by atoms with Gasteiger partial charge in [0.25, 0.3) is 0 Å². The maximum absolute atomic E-state index is 6.13. The van der Waals surface area contributed by atoms with Gasteiger partial charge < -0.3 is 10.2 Å². The van der Waals surface area contributed by atoms with Gasteiger partial charge in [-0.15, -0.1) is 0 Å². The van der Waals surface area contributed by atoms with E-state index in [1.54, 1.807) is 6.26 Å². The molecule has 4 rings (SSSR count). The van der Waals surface area contributed by atoms with Gasteiger partial charge in [0.05, 0.1) is 5.69 Å². The summed E-state index contributed by atoms with van der Waals surface area (Å²) in [5, 5.41) is 0. The van der Waals surface area contributed by atoms with Crippen LogP contribution in [-0.4, -0.2) is 28.0 Å². The SMILES string of the molecule is NC1CC2CCC(C1)N2Cc1coc(-c2ccccc2)n1. The molecule has 21 heavy (non-hydrogen) atoms. The van der Waals surface area contributed by atoms with Crippen LogP contribution in [0.15, 0.2) is 41.0 Å². The monoisotopic (exact) mass is 283 g/mol. The second kappa shape index (κ2) is 5.28. The summed E-state index contributed by atoms with van der Waals surface area (Å²) in [6, 6.07) is 11.7. The molecule has 4 nitrogen and oxygen atoms in total. The minimum atomic E-state index is 0.385. The molecule has 2 atom stereocenters. The van der Waals surface area contributed by atoms with E-state index < -0.39 is 0 Å². The molecule has 0 spiro atoms. The first-order valence-corrected chi connectivity index (χ1v) is 7.81. The Morgan fingerprint density at radius 1 is 1.14 bits per heavy atom. The Morgan fingerprint density at radius 2 is 1.86 bits per heavy atom. The van der Waals surface area contributed by atoms with E-state index in [2.05, 4.69) is 9.88 Å². The van der Waals surface area contributed by atoms with E-state index in [1.165, 1.54) is 12.8 Å². The van der Waals surface area contributed by atoms with Gasteiger partial charge in [0, 0.05) is 30.2 Å². The third-order valence-electron chi connectivity index (χ3n) is 4.84. The van der Waals surface area contributed by atoms with Gasteiger partial charge >= 0.3 is 0 Å². The molecule has 1 aromatic carbocycles. The molecule has 0 amide bonds. The molecule has 2 aliphatic rings. The fraction of sp³-hybridized carbons (Fsp3) is 0.471. The zero-order valence-corrected chi connectivity index (χ0v) is 12.1. The minimum Gasteiger partial charge on any atom is -0.444 e. The third kappa shape index (κ3) is 2.49. The number of fused-ring (bicyclic) bond motifs is 2. The highest BCUT2D eigenvalue weighted by molar-refractivity contribution is 5.52. The van der Waals surface area contributed by atoms with E-state index in [0.29, 0.717) is 24.0 Å². The second-order valence-electron chi connectivity index (χ2n) is 6.30. The van der Waals surface area contributed by atoms with Crippen molar-refractivity contribution in [2.75, 3.05) is 0 Å². The summed E-state index contributed by atoms with van der Waals surface area (Å²) in [6.07, 6.45) is 6.61. The van der Waals surface area contributed by atoms with Crippen LogP contribution in [0.2, 0.25) is 0 Å². The third-order valence-corrected chi connectivity index (χ3v) is 4.84. The molecule has 0 radical (unpaired) electrons. The van der Waals surface area contributed by atoms with Gasteiger partial charge in [-0.2, -0.15) is 0 Å². The van der Waals surface area contributed by atoms with Crippen molar-refractivity contribution in [3.05, 3.63) is 42.3 Å². The van der Waals surface area contributed by atoms with Crippen molar-refractivity contribution in [1.82, 2.24) is 9.88 Å². The Labute approximate surface area is 125 Å². The number of hydrogen-bond donors (Lipinski definition) is 1. The predicted octanol–water partition coefficient (Wildman–Crippen LogP) is 2.80. The van der Waals surface area contributed by atoms with Crippen molar-refractivity contribution in [2.24, 2.45) is 5.73 Å². The van der Waals surface area contributed by atoms with Crippen LogP contribution in [0.1, 0.15) is 31.4 Å². The smallest absolute Gasteiger partial charge is 0.226 e. The number of piperidine rings is 1. The molecule has 2 N–H and O–H groups in total. The lowest BCUT2D eigenvalue weighted by Crippen LogP contribution is -2.46. The highest BCUT2D eigenvalue weighted by Crippen LogP contribution is 2.36. The van der Waals surface area contributed by atoms with E-state index >= 15 is 0 Å². The van der Waals surface area contributed by atoms with Gasteiger partial charge in [0.15, 0.2) is 0 Å². The maximum atomic E-state index is 6.13. The number of nitrogens with two attached hydrogens (primary N) is 1. The average molecular weight is 283 g/mol. The molecule has 2 unspecified atom stereocenters. The molecule has 2 saturated heterocycles. The molecule has 3 heterocycles. The Morgan fingerprint density at radius 3 is 2.57 bits per heavy atom. The first-order chi connectivity index (χ1) is 10.3. The molecule has 2 bridgehead atoms. The summed E-state index contributed by atoms with van der Waals surface area (Å²) in [7, 11) is 0. The molecule has 1 aromatic heterocycles. The molecule has 110 valence electrons. The topological polar surface area (TPSA) is 55.3 Å². The summed E-state index contributed by atoms with van der Waals surface area (Å²) in [6.45, 7) is 0.887. The van der Waals surface area contributed by atoms with Crippen molar-refractivity contribution >= 4 is 0 Å². The fourth-order valence-electron chi connectivity index (χ4n) is 3.85. The lowest BCUT2D eigenvalue weighted by molar-refractivity contribution is 0.118. The molecule has 0 aliphatic carbocycles. The predicted molar refractivity (Wildman–Crippen MR) is 81.5 cm³/mol. The van der Waals surface area contributed by atoms with Crippen LogP contribution in [0.4, 0.5) is 0 Å². The van der Waals surface area contributed by atoms with E-state index in [4.69, 9.17) is 10.2 Å². The van der Waals surface area contributed by atoms with Crippen LogP contribution < -0.4 is 5.73 Å². The van der Waals surface area contributed by atoms with Gasteiger partial charge in [-0.25, -0.2) is 4.98 Å². The number of hydrogen-bond acceptors (Lipinski definition) is 4. The normalized spacial score (nSPS) is 28.9. The highest BCUT2D eigenvalue weighted by Gasteiger charge is 2.39. The Balaban J connectivity index is 1.50. The quantitative estimate of drug-likeness (QED) is 0.941. The number of benzene rings is 1. The molecular formula is C17H21N3O. The van der Waals surface area contributed by atoms with Gasteiger partial charge in [0.1, 0.15) is 6.26 Å². The number of oxazole rings is 1. The van der Waals surface area contributed by atoms with Gasteiger partial charge in [-0.1, -0.05) is 18.2 Å². The molecule has 4 heteroatoms. The number of aromatic nitrogens is 1. The van der Waals surface area contributed by atoms with E-state index in [9.17, 15) is 0 Å². The van der Waals surface area contributed by atoms with Crippen LogP contribution in [0, 0.1) is 0 Å². The largest absolute Gasteiger partial charge is 0.444 e. The van der Waals surface area contributed by atoms with E-state index in [1.807, 2.05) is 30.3 Å². The number of nitrogens with zero attached hydrogens (tertiary/aromatic N) is 2. The van der Waals surface area contributed by atoms with Crippen molar-refractivity contribution in [3.8, 4) is 11.5 Å². The molecule has 2 fully saturated rings. The summed E-state index contributed by atoms with van der Waals surface area (Å²) >= 11 is 0. The highest BCUT2D eigenvalue weighted by atomic mass is 16.3. The van der Waals surface area contributed by atoms with Gasteiger partial charge in [0.2, 0.25) is 5.89 Å². The zero-order valence-electron chi connectivity index (χ0n) is 12.1. The molecular weight excluding hydrogens is 262 g/mol. The number of rotatable bonds is 3. The molecule has 0 saturated carbocycles. The Hall–Kier alpha value is -1.65. The van der Waals surface area contributed by atoms with Crippen LogP contribution in [0.25, 0.3) is 11.5 Å². The van der Waals surface area contributed by atoms with Crippen molar-refractivity contribution in [3.63, 3.8) is 0 Å². The first-order valence-electron chi connectivity index (χ1n) is 7.81. The van der Waals surface area contributed by atoms with Crippen molar-refractivity contribution < 1.29 is 4.42 Å². The lowest BCUT2D eigenvalue weighted by Gasteiger charge is -2.37. The van der Waals surface area contributed by atoms with Crippen LogP contribution in [0.5, 0.6) is 0 Å². The first kappa shape index (κ1) is 13.0.